The maximum atomic E-state index is 13.1. The number of esters is 1. The van der Waals surface area contributed by atoms with Gasteiger partial charge in [-0.1, -0.05) is 30.0 Å². The van der Waals surface area contributed by atoms with Crippen LogP contribution >= 0.6 is 11.8 Å². The summed E-state index contributed by atoms with van der Waals surface area (Å²) in [5.41, 5.74) is 4.45. The molecule has 2 aromatic heterocycles. The van der Waals surface area contributed by atoms with Gasteiger partial charge in [-0.25, -0.2) is 4.79 Å². The monoisotopic (exact) mass is 460 g/mol. The molecule has 0 saturated carbocycles. The number of nitrogens with zero attached hydrogens (tertiary/aromatic N) is 4. The predicted molar refractivity (Wildman–Crippen MR) is 127 cm³/mol. The number of hydrogen-bond acceptors (Lipinski definition) is 6. The standard InChI is InChI=1S/C25H24N4O3S/c1-16-26-27-25(33-2)28(16)18-13-11-17(12-14-18)24(31)32-15-23(30)29-21-9-5-3-7-19(21)20-8-4-6-10-22(20)29/h3,5,7,9,11-14H,4,6,8,10,15H2,1-2H3. The summed E-state index contributed by atoms with van der Waals surface area (Å²) in [4.78, 5) is 25.8. The second-order valence-electron chi connectivity index (χ2n) is 8.07. The van der Waals surface area contributed by atoms with Crippen LogP contribution in [0, 0.1) is 6.92 Å². The quantitative estimate of drug-likeness (QED) is 0.319. The van der Waals surface area contributed by atoms with E-state index >= 15 is 0 Å². The Labute approximate surface area is 195 Å². The molecule has 0 bridgehead atoms. The van der Waals surface area contributed by atoms with E-state index in [1.165, 1.54) is 17.3 Å². The van der Waals surface area contributed by atoms with Crippen molar-refractivity contribution in [3.05, 3.63) is 71.2 Å². The number of ether oxygens (including phenoxy) is 1. The molecule has 0 amide bonds. The van der Waals surface area contributed by atoms with Crippen LogP contribution in [0.25, 0.3) is 16.6 Å². The average Bonchev–Trinajstić information content (AvgIpc) is 3.40. The summed E-state index contributed by atoms with van der Waals surface area (Å²) in [6.45, 7) is 1.58. The first-order valence-electron chi connectivity index (χ1n) is 11.0. The zero-order valence-corrected chi connectivity index (χ0v) is 19.4. The van der Waals surface area contributed by atoms with Crippen LogP contribution in [0.15, 0.2) is 53.7 Å². The van der Waals surface area contributed by atoms with E-state index in [2.05, 4.69) is 16.3 Å². The molecule has 2 heterocycles. The van der Waals surface area contributed by atoms with Crippen LogP contribution in [0.1, 0.15) is 45.1 Å². The zero-order valence-electron chi connectivity index (χ0n) is 18.6. The lowest BCUT2D eigenvalue weighted by molar-refractivity contribution is 0.0449. The molecule has 0 atom stereocenters. The molecule has 168 valence electrons. The summed E-state index contributed by atoms with van der Waals surface area (Å²) in [7, 11) is 0. The van der Waals surface area contributed by atoms with Gasteiger partial charge in [0.05, 0.1) is 11.1 Å². The molecular weight excluding hydrogens is 436 g/mol. The molecule has 0 spiro atoms. The highest BCUT2D eigenvalue weighted by atomic mass is 32.2. The average molecular weight is 461 g/mol. The number of carbonyl (C=O) groups excluding carboxylic acids is 2. The predicted octanol–water partition coefficient (Wildman–Crippen LogP) is 4.63. The van der Waals surface area contributed by atoms with Gasteiger partial charge in [0.1, 0.15) is 5.82 Å². The Morgan fingerprint density at radius 2 is 1.79 bits per heavy atom. The fraction of sp³-hybridized carbons (Fsp3) is 0.280. The number of aryl methyl sites for hydroxylation is 2. The number of rotatable bonds is 5. The molecule has 0 fully saturated rings. The highest BCUT2D eigenvalue weighted by Gasteiger charge is 2.24. The van der Waals surface area contributed by atoms with Gasteiger partial charge in [0, 0.05) is 16.8 Å². The molecule has 5 rings (SSSR count). The van der Waals surface area contributed by atoms with Crippen molar-refractivity contribution in [1.82, 2.24) is 19.3 Å². The Hall–Kier alpha value is -3.39. The summed E-state index contributed by atoms with van der Waals surface area (Å²) >= 11 is 1.50. The fourth-order valence-corrected chi connectivity index (χ4v) is 5.12. The molecule has 0 radical (unpaired) electrons. The molecule has 7 nitrogen and oxygen atoms in total. The molecular formula is C25H24N4O3S. The minimum atomic E-state index is -0.522. The van der Waals surface area contributed by atoms with Gasteiger partial charge in [0.2, 0.25) is 0 Å². The number of fused-ring (bicyclic) bond motifs is 3. The number of hydrogen-bond donors (Lipinski definition) is 0. The molecule has 4 aromatic rings. The van der Waals surface area contributed by atoms with Gasteiger partial charge in [-0.05, 0) is 74.8 Å². The van der Waals surface area contributed by atoms with Crippen molar-refractivity contribution in [3.8, 4) is 5.69 Å². The van der Waals surface area contributed by atoms with Crippen LogP contribution in [0.2, 0.25) is 0 Å². The second kappa shape index (κ2) is 8.86. The number of para-hydroxylation sites is 1. The van der Waals surface area contributed by atoms with E-state index in [4.69, 9.17) is 4.74 Å². The lowest BCUT2D eigenvalue weighted by atomic mass is 9.95. The molecule has 33 heavy (non-hydrogen) atoms. The lowest BCUT2D eigenvalue weighted by Crippen LogP contribution is -2.22. The first-order chi connectivity index (χ1) is 16.1. The van der Waals surface area contributed by atoms with Gasteiger partial charge in [-0.15, -0.1) is 10.2 Å². The van der Waals surface area contributed by atoms with Gasteiger partial charge in [0.25, 0.3) is 5.91 Å². The van der Waals surface area contributed by atoms with Crippen LogP contribution in [-0.4, -0.2) is 44.1 Å². The van der Waals surface area contributed by atoms with Crippen LogP contribution in [0.4, 0.5) is 0 Å². The van der Waals surface area contributed by atoms with Crippen molar-refractivity contribution < 1.29 is 14.3 Å². The first kappa shape index (κ1) is 21.5. The molecule has 0 unspecified atom stereocenters. The smallest absolute Gasteiger partial charge is 0.338 e. The van der Waals surface area contributed by atoms with Crippen LogP contribution in [0.3, 0.4) is 0 Å². The summed E-state index contributed by atoms with van der Waals surface area (Å²) in [6.07, 6.45) is 5.98. The summed E-state index contributed by atoms with van der Waals surface area (Å²) < 4.78 is 9.08. The van der Waals surface area contributed by atoms with Crippen molar-refractivity contribution in [2.45, 2.75) is 37.8 Å². The van der Waals surface area contributed by atoms with Crippen LogP contribution in [0.5, 0.6) is 0 Å². The minimum absolute atomic E-state index is 0.218. The van der Waals surface area contributed by atoms with E-state index in [9.17, 15) is 9.59 Å². The Balaban J connectivity index is 1.33. The molecule has 0 N–H and O–H groups in total. The highest BCUT2D eigenvalue weighted by molar-refractivity contribution is 7.98. The van der Waals surface area contributed by atoms with Gasteiger partial charge in [0.15, 0.2) is 11.8 Å². The zero-order chi connectivity index (χ0) is 22.9. The van der Waals surface area contributed by atoms with Crippen LogP contribution in [-0.2, 0) is 17.6 Å². The minimum Gasteiger partial charge on any atom is -0.452 e. The Morgan fingerprint density at radius 3 is 2.58 bits per heavy atom. The first-order valence-corrected chi connectivity index (χ1v) is 12.2. The Morgan fingerprint density at radius 1 is 1.03 bits per heavy atom. The Bertz CT molecular complexity index is 1350. The van der Waals surface area contributed by atoms with E-state index in [0.29, 0.717) is 5.56 Å². The van der Waals surface area contributed by atoms with E-state index < -0.39 is 5.97 Å². The SMILES string of the molecule is CSc1nnc(C)n1-c1ccc(C(=O)OCC(=O)n2c3c(c4ccccc42)CCCC3)cc1. The topological polar surface area (TPSA) is 79.0 Å². The maximum Gasteiger partial charge on any atom is 0.338 e. The summed E-state index contributed by atoms with van der Waals surface area (Å²) in [6, 6.07) is 15.0. The molecule has 0 saturated heterocycles. The largest absolute Gasteiger partial charge is 0.452 e. The van der Waals surface area contributed by atoms with E-state index in [1.54, 1.807) is 16.7 Å². The number of carbonyl (C=O) groups is 2. The molecule has 0 aliphatic heterocycles. The molecule has 2 aromatic carbocycles. The van der Waals surface area contributed by atoms with Crippen molar-refractivity contribution in [1.29, 1.82) is 0 Å². The maximum absolute atomic E-state index is 13.1. The van der Waals surface area contributed by atoms with E-state index in [1.807, 2.05) is 48.1 Å². The van der Waals surface area contributed by atoms with Crippen molar-refractivity contribution in [3.63, 3.8) is 0 Å². The third-order valence-electron chi connectivity index (χ3n) is 6.09. The number of aromatic nitrogens is 4. The number of thioether (sulfide) groups is 1. The van der Waals surface area contributed by atoms with Crippen molar-refractivity contribution in [2.75, 3.05) is 12.9 Å². The molecule has 8 heteroatoms. The Kier molecular flexibility index (Phi) is 5.76. The van der Waals surface area contributed by atoms with Gasteiger partial charge in [-0.2, -0.15) is 0 Å². The van der Waals surface area contributed by atoms with E-state index in [-0.39, 0.29) is 12.5 Å². The summed E-state index contributed by atoms with van der Waals surface area (Å²) in [5, 5.41) is 10.1. The van der Waals surface area contributed by atoms with E-state index in [0.717, 1.165) is 58.9 Å². The number of benzene rings is 2. The lowest BCUT2D eigenvalue weighted by Gasteiger charge is -2.15. The third kappa shape index (κ3) is 3.84. The van der Waals surface area contributed by atoms with Crippen molar-refractivity contribution in [2.24, 2.45) is 0 Å². The fourth-order valence-electron chi connectivity index (χ4n) is 4.57. The second-order valence-corrected chi connectivity index (χ2v) is 8.84. The van der Waals surface area contributed by atoms with Crippen LogP contribution < -0.4 is 0 Å². The molecule has 1 aliphatic carbocycles. The summed E-state index contributed by atoms with van der Waals surface area (Å²) in [5.74, 6) is 0.0254. The van der Waals surface area contributed by atoms with Gasteiger partial charge < -0.3 is 4.74 Å². The normalized spacial score (nSPS) is 13.2. The third-order valence-corrected chi connectivity index (χ3v) is 6.72. The van der Waals surface area contributed by atoms with Gasteiger partial charge in [-0.3, -0.25) is 13.9 Å². The van der Waals surface area contributed by atoms with Gasteiger partial charge >= 0.3 is 5.97 Å². The van der Waals surface area contributed by atoms with Crippen molar-refractivity contribution >= 4 is 34.5 Å². The molecule has 1 aliphatic rings. The highest BCUT2D eigenvalue weighted by Crippen LogP contribution is 2.32.